The number of aromatic nitrogens is 2. The fourth-order valence-electron chi connectivity index (χ4n) is 1.95. The van der Waals surface area contributed by atoms with Gasteiger partial charge in [-0.05, 0) is 38.0 Å². The Bertz CT molecular complexity index is 649. The van der Waals surface area contributed by atoms with Crippen LogP contribution in [-0.2, 0) is 0 Å². The molecule has 1 aromatic carbocycles. The summed E-state index contributed by atoms with van der Waals surface area (Å²) in [7, 11) is 0. The summed E-state index contributed by atoms with van der Waals surface area (Å²) in [6, 6.07) is 7.51. The Morgan fingerprint density at radius 3 is 2.67 bits per heavy atom. The summed E-state index contributed by atoms with van der Waals surface area (Å²) in [5.74, 6) is 0.291. The molecule has 0 aliphatic rings. The summed E-state index contributed by atoms with van der Waals surface area (Å²) in [5, 5.41) is 7.93. The molecule has 2 rings (SSSR count). The van der Waals surface area contributed by atoms with Crippen LogP contribution in [0.3, 0.4) is 0 Å². The molecule has 0 bridgehead atoms. The second kappa shape index (κ2) is 6.31. The van der Waals surface area contributed by atoms with E-state index < -0.39 is 0 Å². The zero-order valence-electron chi connectivity index (χ0n) is 12.7. The number of hydrogen-bond donors (Lipinski definition) is 1. The molecule has 5 heteroatoms. The van der Waals surface area contributed by atoms with Crippen LogP contribution < -0.4 is 5.32 Å². The minimum Gasteiger partial charge on any atom is -0.349 e. The number of rotatable bonds is 4. The van der Waals surface area contributed by atoms with Gasteiger partial charge in [0.15, 0.2) is 0 Å². The summed E-state index contributed by atoms with van der Waals surface area (Å²) in [4.78, 5) is 12.3. The highest BCUT2D eigenvalue weighted by atomic mass is 35.5. The maximum absolute atomic E-state index is 12.3. The van der Waals surface area contributed by atoms with E-state index in [-0.39, 0.29) is 11.9 Å². The minimum atomic E-state index is -0.0954. The number of nitrogens with zero attached hydrogens (tertiary/aromatic N) is 2. The van der Waals surface area contributed by atoms with Gasteiger partial charge in [0.1, 0.15) is 0 Å². The first-order valence-corrected chi connectivity index (χ1v) is 7.39. The Morgan fingerprint density at radius 2 is 2.05 bits per heavy atom. The summed E-state index contributed by atoms with van der Waals surface area (Å²) in [5.41, 5.74) is 2.23. The third-order valence-corrected chi connectivity index (χ3v) is 3.90. The molecule has 1 unspecified atom stereocenters. The molecule has 0 saturated carbocycles. The molecule has 0 aliphatic heterocycles. The molecule has 1 N–H and O–H groups in total. The van der Waals surface area contributed by atoms with E-state index in [0.717, 1.165) is 11.4 Å². The molecule has 0 spiro atoms. The Balaban J connectivity index is 2.27. The first-order chi connectivity index (χ1) is 9.90. The van der Waals surface area contributed by atoms with Crippen LogP contribution in [0.5, 0.6) is 0 Å². The third kappa shape index (κ3) is 3.45. The summed E-state index contributed by atoms with van der Waals surface area (Å²) in [6.45, 7) is 8.03. The van der Waals surface area contributed by atoms with Gasteiger partial charge in [0.05, 0.1) is 23.1 Å². The molecule has 1 amide bonds. The highest BCUT2D eigenvalue weighted by molar-refractivity contribution is 6.30. The van der Waals surface area contributed by atoms with E-state index in [1.807, 2.05) is 38.1 Å². The highest BCUT2D eigenvalue weighted by Gasteiger charge is 2.18. The Kier molecular flexibility index (Phi) is 4.68. The van der Waals surface area contributed by atoms with E-state index in [1.54, 1.807) is 10.9 Å². The van der Waals surface area contributed by atoms with Crippen LogP contribution in [0.1, 0.15) is 36.8 Å². The standard InChI is InChI=1S/C16H20ClN3O/c1-10(2)11(3)19-16(21)15-9-18-20(12(15)4)14-7-5-6-13(17)8-14/h5-11H,1-4H3,(H,19,21). The maximum atomic E-state index is 12.3. The van der Waals surface area contributed by atoms with Crippen LogP contribution >= 0.6 is 11.6 Å². The third-order valence-electron chi connectivity index (χ3n) is 3.67. The smallest absolute Gasteiger partial charge is 0.254 e. The molecule has 0 saturated heterocycles. The number of amides is 1. The zero-order chi connectivity index (χ0) is 15.6. The fraction of sp³-hybridized carbons (Fsp3) is 0.375. The number of halogens is 1. The zero-order valence-corrected chi connectivity index (χ0v) is 13.5. The number of hydrogen-bond acceptors (Lipinski definition) is 2. The highest BCUT2D eigenvalue weighted by Crippen LogP contribution is 2.18. The molecular formula is C16H20ClN3O. The first kappa shape index (κ1) is 15.6. The van der Waals surface area contributed by atoms with Crippen molar-refractivity contribution >= 4 is 17.5 Å². The van der Waals surface area contributed by atoms with Crippen molar-refractivity contribution in [1.29, 1.82) is 0 Å². The molecular weight excluding hydrogens is 286 g/mol. The van der Waals surface area contributed by atoms with Gasteiger partial charge < -0.3 is 5.32 Å². The van der Waals surface area contributed by atoms with Gasteiger partial charge in [-0.2, -0.15) is 5.10 Å². The van der Waals surface area contributed by atoms with E-state index in [0.29, 0.717) is 16.5 Å². The minimum absolute atomic E-state index is 0.0954. The lowest BCUT2D eigenvalue weighted by atomic mass is 10.1. The van der Waals surface area contributed by atoms with Crippen molar-refractivity contribution in [3.63, 3.8) is 0 Å². The van der Waals surface area contributed by atoms with Crippen molar-refractivity contribution < 1.29 is 4.79 Å². The molecule has 21 heavy (non-hydrogen) atoms. The monoisotopic (exact) mass is 305 g/mol. The van der Waals surface area contributed by atoms with E-state index in [9.17, 15) is 4.79 Å². The number of benzene rings is 1. The molecule has 112 valence electrons. The molecule has 1 heterocycles. The lowest BCUT2D eigenvalue weighted by Crippen LogP contribution is -2.36. The van der Waals surface area contributed by atoms with Gasteiger partial charge in [0, 0.05) is 11.1 Å². The van der Waals surface area contributed by atoms with Crippen LogP contribution in [0, 0.1) is 12.8 Å². The molecule has 1 atom stereocenters. The Hall–Kier alpha value is -1.81. The largest absolute Gasteiger partial charge is 0.349 e. The molecule has 0 fully saturated rings. The van der Waals surface area contributed by atoms with Gasteiger partial charge >= 0.3 is 0 Å². The van der Waals surface area contributed by atoms with Crippen LogP contribution in [-0.4, -0.2) is 21.7 Å². The van der Waals surface area contributed by atoms with Gasteiger partial charge in [-0.3, -0.25) is 4.79 Å². The summed E-state index contributed by atoms with van der Waals surface area (Å²) >= 11 is 6.00. The Morgan fingerprint density at radius 1 is 1.33 bits per heavy atom. The van der Waals surface area contributed by atoms with Crippen LogP contribution in [0.25, 0.3) is 5.69 Å². The fourth-order valence-corrected chi connectivity index (χ4v) is 2.14. The Labute approximate surface area is 130 Å². The van der Waals surface area contributed by atoms with Gasteiger partial charge in [0.25, 0.3) is 5.91 Å². The van der Waals surface area contributed by atoms with Crippen LogP contribution in [0.15, 0.2) is 30.5 Å². The van der Waals surface area contributed by atoms with Crippen molar-refractivity contribution in [3.05, 3.63) is 46.7 Å². The van der Waals surface area contributed by atoms with Crippen molar-refractivity contribution in [2.75, 3.05) is 0 Å². The number of carbonyl (C=O) groups excluding carboxylic acids is 1. The number of nitrogens with one attached hydrogen (secondary N) is 1. The van der Waals surface area contributed by atoms with Crippen LogP contribution in [0.4, 0.5) is 0 Å². The molecule has 0 aliphatic carbocycles. The van der Waals surface area contributed by atoms with E-state index in [2.05, 4.69) is 24.3 Å². The van der Waals surface area contributed by atoms with Gasteiger partial charge in [-0.1, -0.05) is 31.5 Å². The lowest BCUT2D eigenvalue weighted by molar-refractivity contribution is 0.0930. The van der Waals surface area contributed by atoms with Gasteiger partial charge in [0.2, 0.25) is 0 Å². The van der Waals surface area contributed by atoms with Crippen molar-refractivity contribution in [2.45, 2.75) is 33.7 Å². The first-order valence-electron chi connectivity index (χ1n) is 7.01. The molecule has 2 aromatic rings. The predicted molar refractivity (Wildman–Crippen MR) is 85.1 cm³/mol. The summed E-state index contributed by atoms with van der Waals surface area (Å²) in [6.07, 6.45) is 1.60. The maximum Gasteiger partial charge on any atom is 0.254 e. The lowest BCUT2D eigenvalue weighted by Gasteiger charge is -2.17. The van der Waals surface area contributed by atoms with E-state index in [1.165, 1.54) is 0 Å². The number of carbonyl (C=O) groups is 1. The second-order valence-electron chi connectivity index (χ2n) is 5.54. The quantitative estimate of drug-likeness (QED) is 0.938. The van der Waals surface area contributed by atoms with E-state index >= 15 is 0 Å². The SMILES string of the molecule is Cc1c(C(=O)NC(C)C(C)C)cnn1-c1cccc(Cl)c1. The molecule has 4 nitrogen and oxygen atoms in total. The van der Waals surface area contributed by atoms with Gasteiger partial charge in [-0.15, -0.1) is 0 Å². The molecule has 1 aromatic heterocycles. The molecule has 0 radical (unpaired) electrons. The average molecular weight is 306 g/mol. The van der Waals surface area contributed by atoms with E-state index in [4.69, 9.17) is 11.6 Å². The summed E-state index contributed by atoms with van der Waals surface area (Å²) < 4.78 is 1.72. The van der Waals surface area contributed by atoms with Gasteiger partial charge in [-0.25, -0.2) is 4.68 Å². The van der Waals surface area contributed by atoms with Crippen molar-refractivity contribution in [3.8, 4) is 5.69 Å². The topological polar surface area (TPSA) is 46.9 Å². The normalized spacial score (nSPS) is 12.5. The predicted octanol–water partition coefficient (Wildman–Crippen LogP) is 3.61. The van der Waals surface area contributed by atoms with Crippen molar-refractivity contribution in [2.24, 2.45) is 5.92 Å². The second-order valence-corrected chi connectivity index (χ2v) is 5.98. The van der Waals surface area contributed by atoms with Crippen LogP contribution in [0.2, 0.25) is 5.02 Å². The average Bonchev–Trinajstić information content (AvgIpc) is 2.80. The van der Waals surface area contributed by atoms with Crippen molar-refractivity contribution in [1.82, 2.24) is 15.1 Å².